The second kappa shape index (κ2) is 5.80. The molecule has 1 fully saturated rings. The van der Waals surface area contributed by atoms with Gasteiger partial charge in [0.25, 0.3) is 5.91 Å². The van der Waals surface area contributed by atoms with E-state index in [0.717, 1.165) is 36.3 Å². The van der Waals surface area contributed by atoms with Crippen molar-refractivity contribution >= 4 is 17.3 Å². The summed E-state index contributed by atoms with van der Waals surface area (Å²) >= 11 is 0. The highest BCUT2D eigenvalue weighted by Gasteiger charge is 2.29. The number of carbonyl (C=O) groups excluding carboxylic acids is 2. The summed E-state index contributed by atoms with van der Waals surface area (Å²) in [7, 11) is 1.76. The van der Waals surface area contributed by atoms with Gasteiger partial charge in [-0.25, -0.2) is 0 Å². The zero-order chi connectivity index (χ0) is 14.8. The predicted molar refractivity (Wildman–Crippen MR) is 80.1 cm³/mol. The van der Waals surface area contributed by atoms with Gasteiger partial charge < -0.3 is 4.90 Å². The number of hydrogen-bond donors (Lipinski definition) is 0. The quantitative estimate of drug-likeness (QED) is 0.772. The highest BCUT2D eigenvalue weighted by atomic mass is 16.2. The first-order valence-electron chi connectivity index (χ1n) is 7.62. The zero-order valence-electron chi connectivity index (χ0n) is 12.3. The topological polar surface area (TPSA) is 49.7 Å². The minimum absolute atomic E-state index is 0.212. The zero-order valence-corrected chi connectivity index (χ0v) is 12.3. The molecule has 0 aromatic heterocycles. The molecule has 1 aromatic carbocycles. The minimum Gasteiger partial charge on any atom is -0.336 e. The lowest BCUT2D eigenvalue weighted by Crippen LogP contribution is -2.43. The van der Waals surface area contributed by atoms with Crippen LogP contribution in [0.15, 0.2) is 29.3 Å². The van der Waals surface area contributed by atoms with Crippen molar-refractivity contribution in [3.63, 3.8) is 0 Å². The molecular formula is C17H20N2O2. The molecule has 2 aliphatic rings. The van der Waals surface area contributed by atoms with E-state index in [-0.39, 0.29) is 11.9 Å². The van der Waals surface area contributed by atoms with Crippen molar-refractivity contribution in [2.45, 2.75) is 38.1 Å². The molecule has 0 bridgehead atoms. The van der Waals surface area contributed by atoms with E-state index in [0.29, 0.717) is 12.1 Å². The van der Waals surface area contributed by atoms with Crippen molar-refractivity contribution in [1.29, 1.82) is 0 Å². The molecule has 1 amide bonds. The van der Waals surface area contributed by atoms with Crippen LogP contribution in [0.5, 0.6) is 0 Å². The maximum atomic E-state index is 12.5. The molecule has 1 aromatic rings. The SMILES string of the molecule is CN(C(=O)C(=O)C1=c2ccccc2=NC1)C1CCCCC1. The first-order chi connectivity index (χ1) is 10.2. The molecule has 1 aliphatic carbocycles. The Morgan fingerprint density at radius 3 is 2.62 bits per heavy atom. The minimum atomic E-state index is -0.392. The van der Waals surface area contributed by atoms with Crippen LogP contribution in [0.4, 0.5) is 0 Å². The predicted octanol–water partition coefficient (Wildman–Crippen LogP) is 0.831. The van der Waals surface area contributed by atoms with Gasteiger partial charge in [-0.3, -0.25) is 14.6 Å². The fraction of sp³-hybridized carbons (Fsp3) is 0.471. The number of Topliss-reactive ketones (excluding diaryl/α,β-unsaturated/α-hetero) is 1. The van der Waals surface area contributed by atoms with E-state index in [9.17, 15) is 9.59 Å². The number of benzene rings is 1. The second-order valence-corrected chi connectivity index (χ2v) is 5.85. The molecule has 0 N–H and O–H groups in total. The van der Waals surface area contributed by atoms with E-state index in [2.05, 4.69) is 4.99 Å². The second-order valence-electron chi connectivity index (χ2n) is 5.85. The van der Waals surface area contributed by atoms with E-state index in [1.807, 2.05) is 24.3 Å². The molecule has 1 heterocycles. The summed E-state index contributed by atoms with van der Waals surface area (Å²) in [4.78, 5) is 30.9. The monoisotopic (exact) mass is 284 g/mol. The molecule has 0 atom stereocenters. The van der Waals surface area contributed by atoms with Crippen LogP contribution in [-0.2, 0) is 9.59 Å². The summed E-state index contributed by atoms with van der Waals surface area (Å²) < 4.78 is 0. The summed E-state index contributed by atoms with van der Waals surface area (Å²) in [6.45, 7) is 0.322. The fourth-order valence-electron chi connectivity index (χ4n) is 3.23. The molecule has 4 nitrogen and oxygen atoms in total. The smallest absolute Gasteiger partial charge is 0.294 e. The van der Waals surface area contributed by atoms with Gasteiger partial charge in [-0.2, -0.15) is 0 Å². The van der Waals surface area contributed by atoms with Crippen LogP contribution in [-0.4, -0.2) is 36.2 Å². The van der Waals surface area contributed by atoms with E-state index < -0.39 is 5.78 Å². The van der Waals surface area contributed by atoms with Crippen molar-refractivity contribution in [3.05, 3.63) is 34.8 Å². The van der Waals surface area contributed by atoms with Crippen LogP contribution in [0, 0.1) is 0 Å². The maximum absolute atomic E-state index is 12.5. The van der Waals surface area contributed by atoms with Gasteiger partial charge in [-0.05, 0) is 18.9 Å². The van der Waals surface area contributed by atoms with E-state index in [1.165, 1.54) is 6.42 Å². The molecule has 110 valence electrons. The molecule has 21 heavy (non-hydrogen) atoms. The number of ketones is 1. The third-order valence-corrected chi connectivity index (χ3v) is 4.55. The number of rotatable bonds is 3. The van der Waals surface area contributed by atoms with Gasteiger partial charge >= 0.3 is 0 Å². The summed E-state index contributed by atoms with van der Waals surface area (Å²) in [6, 6.07) is 7.73. The van der Waals surface area contributed by atoms with Crippen LogP contribution in [0.1, 0.15) is 32.1 Å². The van der Waals surface area contributed by atoms with Gasteiger partial charge in [0.1, 0.15) is 0 Å². The van der Waals surface area contributed by atoms with Gasteiger partial charge in [-0.15, -0.1) is 0 Å². The third kappa shape index (κ3) is 2.62. The Bertz CT molecular complexity index is 687. The van der Waals surface area contributed by atoms with Crippen LogP contribution >= 0.6 is 0 Å². The van der Waals surface area contributed by atoms with Crippen molar-refractivity contribution in [2.24, 2.45) is 4.99 Å². The maximum Gasteiger partial charge on any atom is 0.294 e. The number of fused-ring (bicyclic) bond motifs is 1. The highest BCUT2D eigenvalue weighted by molar-refractivity contribution is 6.51. The Morgan fingerprint density at radius 2 is 1.86 bits per heavy atom. The van der Waals surface area contributed by atoms with Crippen LogP contribution in [0.25, 0.3) is 5.57 Å². The highest BCUT2D eigenvalue weighted by Crippen LogP contribution is 2.22. The van der Waals surface area contributed by atoms with Gasteiger partial charge in [0.15, 0.2) is 0 Å². The Labute approximate surface area is 124 Å². The lowest BCUT2D eigenvalue weighted by molar-refractivity contribution is -0.142. The summed E-state index contributed by atoms with van der Waals surface area (Å²) in [5, 5.41) is 1.63. The van der Waals surface area contributed by atoms with Gasteiger partial charge in [0.2, 0.25) is 5.78 Å². The van der Waals surface area contributed by atoms with Gasteiger partial charge in [0.05, 0.1) is 11.9 Å². The molecule has 0 radical (unpaired) electrons. The number of carbonyl (C=O) groups is 2. The summed E-state index contributed by atoms with van der Waals surface area (Å²) in [5.74, 6) is -0.777. The van der Waals surface area contributed by atoms with E-state index in [1.54, 1.807) is 11.9 Å². The van der Waals surface area contributed by atoms with Crippen molar-refractivity contribution < 1.29 is 9.59 Å². The number of nitrogens with zero attached hydrogens (tertiary/aromatic N) is 2. The van der Waals surface area contributed by atoms with Crippen molar-refractivity contribution in [2.75, 3.05) is 13.6 Å². The average Bonchev–Trinajstić information content (AvgIpc) is 2.97. The summed E-state index contributed by atoms with van der Waals surface area (Å²) in [5.41, 5.74) is 0.540. The Morgan fingerprint density at radius 1 is 1.14 bits per heavy atom. The van der Waals surface area contributed by atoms with Gasteiger partial charge in [0, 0.05) is 23.9 Å². The summed E-state index contributed by atoms with van der Waals surface area (Å²) in [6.07, 6.45) is 5.53. The number of likely N-dealkylation sites (N-methyl/N-ethyl adjacent to an activating group) is 1. The van der Waals surface area contributed by atoms with E-state index >= 15 is 0 Å². The van der Waals surface area contributed by atoms with Crippen LogP contribution in [0.2, 0.25) is 0 Å². The third-order valence-electron chi connectivity index (χ3n) is 4.55. The molecule has 0 saturated heterocycles. The number of para-hydroxylation sites is 1. The largest absolute Gasteiger partial charge is 0.336 e. The first-order valence-corrected chi connectivity index (χ1v) is 7.62. The Balaban J connectivity index is 1.83. The van der Waals surface area contributed by atoms with Crippen molar-refractivity contribution in [3.8, 4) is 0 Å². The average molecular weight is 284 g/mol. The Kier molecular flexibility index (Phi) is 3.86. The van der Waals surface area contributed by atoms with Gasteiger partial charge in [-0.1, -0.05) is 37.5 Å². The normalized spacial score (nSPS) is 18.0. The lowest BCUT2D eigenvalue weighted by atomic mass is 9.94. The standard InChI is InChI=1S/C17H20N2O2/c1-19(12-7-3-2-4-8-12)17(21)16(20)14-11-18-15-10-6-5-9-13(14)15/h5-6,9-10,12H,2-4,7-8,11H2,1H3. The fourth-order valence-corrected chi connectivity index (χ4v) is 3.23. The molecule has 1 saturated carbocycles. The van der Waals surface area contributed by atoms with E-state index in [4.69, 9.17) is 0 Å². The molecule has 0 spiro atoms. The van der Waals surface area contributed by atoms with Crippen molar-refractivity contribution in [1.82, 2.24) is 4.90 Å². The lowest BCUT2D eigenvalue weighted by Gasteiger charge is -2.30. The van der Waals surface area contributed by atoms with Crippen LogP contribution < -0.4 is 10.6 Å². The molecule has 0 unspecified atom stereocenters. The molecule has 4 heteroatoms. The van der Waals surface area contributed by atoms with Crippen LogP contribution in [0.3, 0.4) is 0 Å². The molecule has 1 aliphatic heterocycles. The Hall–Kier alpha value is -1.97. The molecule has 3 rings (SSSR count). The first kappa shape index (κ1) is 14.0. The number of hydrogen-bond acceptors (Lipinski definition) is 3. The number of amides is 1. The molecular weight excluding hydrogens is 264 g/mol.